The first-order chi connectivity index (χ1) is 11.5. The summed E-state index contributed by atoms with van der Waals surface area (Å²) in [6.45, 7) is 4.07. The maximum atomic E-state index is 12.0. The highest BCUT2D eigenvalue weighted by molar-refractivity contribution is 5.38. The number of benzene rings is 1. The van der Waals surface area contributed by atoms with Gasteiger partial charge < -0.3 is 5.32 Å². The van der Waals surface area contributed by atoms with Crippen LogP contribution in [0.2, 0.25) is 0 Å². The highest BCUT2D eigenvalue weighted by atomic mass is 16.2. The molecule has 2 N–H and O–H groups in total. The zero-order valence-corrected chi connectivity index (χ0v) is 13.6. The minimum Gasteiger partial charge on any atom is -0.367 e. The van der Waals surface area contributed by atoms with Gasteiger partial charge in [0.15, 0.2) is 0 Å². The second-order valence-electron chi connectivity index (χ2n) is 5.76. The lowest BCUT2D eigenvalue weighted by atomic mass is 10.2. The molecule has 2 aromatic heterocycles. The summed E-state index contributed by atoms with van der Waals surface area (Å²) in [5.74, 6) is 0.409. The molecule has 0 aliphatic carbocycles. The molecule has 0 saturated carbocycles. The van der Waals surface area contributed by atoms with Crippen molar-refractivity contribution in [2.75, 3.05) is 5.32 Å². The van der Waals surface area contributed by atoms with E-state index < -0.39 is 5.69 Å². The minimum absolute atomic E-state index is 0.180. The normalized spacial score (nSPS) is 11.0. The number of nitrogens with zero attached hydrogens (tertiary/aromatic N) is 3. The summed E-state index contributed by atoms with van der Waals surface area (Å²) in [4.78, 5) is 26.7. The fourth-order valence-corrected chi connectivity index (χ4v) is 2.52. The third-order valence-electron chi connectivity index (χ3n) is 3.64. The van der Waals surface area contributed by atoms with E-state index in [0.29, 0.717) is 12.4 Å². The number of aromatic nitrogens is 4. The number of aromatic amines is 1. The van der Waals surface area contributed by atoms with Gasteiger partial charge in [0.25, 0.3) is 5.56 Å². The molecule has 0 bridgehead atoms. The summed E-state index contributed by atoms with van der Waals surface area (Å²) in [6.07, 6.45) is 3.59. The van der Waals surface area contributed by atoms with Crippen molar-refractivity contribution in [2.24, 2.45) is 0 Å². The lowest BCUT2D eigenvalue weighted by molar-refractivity contribution is 0.546. The fourth-order valence-electron chi connectivity index (χ4n) is 2.52. The van der Waals surface area contributed by atoms with Crippen LogP contribution in [0.4, 0.5) is 5.82 Å². The van der Waals surface area contributed by atoms with E-state index in [2.05, 4.69) is 15.4 Å². The third-order valence-corrected chi connectivity index (χ3v) is 3.64. The number of anilines is 1. The van der Waals surface area contributed by atoms with E-state index in [0.717, 1.165) is 11.3 Å². The number of hydrogen-bond donors (Lipinski definition) is 2. The predicted octanol–water partition coefficient (Wildman–Crippen LogP) is 1.92. The molecule has 1 aromatic carbocycles. The van der Waals surface area contributed by atoms with Crippen LogP contribution < -0.4 is 16.6 Å². The van der Waals surface area contributed by atoms with Crippen LogP contribution in [0.3, 0.4) is 0 Å². The summed E-state index contributed by atoms with van der Waals surface area (Å²) >= 11 is 0. The Morgan fingerprint density at radius 1 is 1.21 bits per heavy atom. The Kier molecular flexibility index (Phi) is 4.33. The zero-order valence-electron chi connectivity index (χ0n) is 13.6. The van der Waals surface area contributed by atoms with E-state index in [-0.39, 0.29) is 11.6 Å². The molecule has 3 aromatic rings. The van der Waals surface area contributed by atoms with Gasteiger partial charge in [0.1, 0.15) is 5.82 Å². The molecule has 2 heterocycles. The molecule has 0 spiro atoms. The quantitative estimate of drug-likeness (QED) is 0.750. The van der Waals surface area contributed by atoms with Crippen LogP contribution in [-0.4, -0.2) is 19.3 Å². The van der Waals surface area contributed by atoms with Gasteiger partial charge in [0, 0.05) is 31.0 Å². The van der Waals surface area contributed by atoms with Crippen LogP contribution in [0.5, 0.6) is 0 Å². The lowest BCUT2D eigenvalue weighted by Gasteiger charge is -2.11. The van der Waals surface area contributed by atoms with E-state index in [1.807, 2.05) is 36.5 Å². The molecule has 0 saturated heterocycles. The van der Waals surface area contributed by atoms with E-state index in [4.69, 9.17) is 0 Å². The maximum absolute atomic E-state index is 12.0. The topological polar surface area (TPSA) is 84.7 Å². The van der Waals surface area contributed by atoms with Gasteiger partial charge in [-0.15, -0.1) is 0 Å². The van der Waals surface area contributed by atoms with Crippen molar-refractivity contribution >= 4 is 5.82 Å². The van der Waals surface area contributed by atoms with Crippen molar-refractivity contribution in [3.05, 3.63) is 75.2 Å². The molecule has 0 aliphatic heterocycles. The van der Waals surface area contributed by atoms with Gasteiger partial charge in [-0.25, -0.2) is 9.48 Å². The molecule has 0 atom stereocenters. The van der Waals surface area contributed by atoms with Gasteiger partial charge in [-0.05, 0) is 37.6 Å². The van der Waals surface area contributed by atoms with Crippen molar-refractivity contribution in [1.82, 2.24) is 19.3 Å². The molecule has 7 nitrogen and oxygen atoms in total. The highest BCUT2D eigenvalue weighted by Crippen LogP contribution is 2.11. The van der Waals surface area contributed by atoms with Crippen LogP contribution >= 0.6 is 0 Å². The predicted molar refractivity (Wildman–Crippen MR) is 92.6 cm³/mol. The van der Waals surface area contributed by atoms with Gasteiger partial charge in [0.05, 0.1) is 5.69 Å². The molecule has 24 heavy (non-hydrogen) atoms. The van der Waals surface area contributed by atoms with Gasteiger partial charge in [-0.2, -0.15) is 5.10 Å². The van der Waals surface area contributed by atoms with E-state index >= 15 is 0 Å². The molecule has 0 aliphatic rings. The molecule has 0 amide bonds. The first-order valence-electron chi connectivity index (χ1n) is 7.73. The van der Waals surface area contributed by atoms with Crippen molar-refractivity contribution in [3.63, 3.8) is 0 Å². The molecule has 0 unspecified atom stereocenters. The average molecular weight is 325 g/mol. The van der Waals surface area contributed by atoms with Crippen molar-refractivity contribution in [3.8, 4) is 5.69 Å². The van der Waals surface area contributed by atoms with Crippen molar-refractivity contribution < 1.29 is 0 Å². The molecular formula is C17H19N5O2. The van der Waals surface area contributed by atoms with Crippen LogP contribution in [-0.2, 0) is 6.54 Å². The lowest BCUT2D eigenvalue weighted by Crippen LogP contribution is -2.36. The third kappa shape index (κ3) is 3.29. The number of nitrogens with one attached hydrogen (secondary N) is 2. The molecule has 124 valence electrons. The Morgan fingerprint density at radius 2 is 2.04 bits per heavy atom. The summed E-state index contributed by atoms with van der Waals surface area (Å²) in [6, 6.07) is 10.9. The summed E-state index contributed by atoms with van der Waals surface area (Å²) < 4.78 is 2.96. The van der Waals surface area contributed by atoms with Crippen LogP contribution in [0.1, 0.15) is 25.5 Å². The number of H-pyrrole nitrogens is 1. The summed E-state index contributed by atoms with van der Waals surface area (Å²) in [5, 5.41) is 7.28. The Morgan fingerprint density at radius 3 is 2.71 bits per heavy atom. The summed E-state index contributed by atoms with van der Waals surface area (Å²) in [7, 11) is 0. The molecule has 0 fully saturated rings. The van der Waals surface area contributed by atoms with E-state index in [9.17, 15) is 9.59 Å². The Hall–Kier alpha value is -3.09. The number of hydrogen-bond acceptors (Lipinski definition) is 4. The van der Waals surface area contributed by atoms with E-state index in [1.165, 1.54) is 10.6 Å². The monoisotopic (exact) mass is 325 g/mol. The highest BCUT2D eigenvalue weighted by Gasteiger charge is 2.07. The van der Waals surface area contributed by atoms with E-state index in [1.54, 1.807) is 24.7 Å². The second-order valence-corrected chi connectivity index (χ2v) is 5.76. The smallest absolute Gasteiger partial charge is 0.330 e. The first kappa shape index (κ1) is 15.8. The molecule has 0 radical (unpaired) electrons. The Bertz CT molecular complexity index is 907. The Balaban J connectivity index is 1.78. The molecule has 7 heteroatoms. The van der Waals surface area contributed by atoms with Crippen molar-refractivity contribution in [1.29, 1.82) is 0 Å². The minimum atomic E-state index is -0.412. The standard InChI is InChI=1S/C17H19N5O2/c1-12(2)22-16(23)10-15(20-17(22)24)18-11-13-5-3-6-14(9-13)21-8-4-7-19-21/h3-10,12,18H,11H2,1-2H3,(H,20,24). The number of rotatable bonds is 5. The van der Waals surface area contributed by atoms with Gasteiger partial charge in [0.2, 0.25) is 0 Å². The fraction of sp³-hybridized carbons (Fsp3) is 0.235. The summed E-state index contributed by atoms with van der Waals surface area (Å²) in [5.41, 5.74) is 1.23. The second kappa shape index (κ2) is 6.57. The molecule has 3 rings (SSSR count). The molecular weight excluding hydrogens is 306 g/mol. The van der Waals surface area contributed by atoms with Gasteiger partial charge in [-0.3, -0.25) is 14.3 Å². The average Bonchev–Trinajstić information content (AvgIpc) is 3.07. The van der Waals surface area contributed by atoms with Gasteiger partial charge >= 0.3 is 5.69 Å². The Labute approximate surface area is 138 Å². The van der Waals surface area contributed by atoms with Crippen molar-refractivity contribution in [2.45, 2.75) is 26.4 Å². The largest absolute Gasteiger partial charge is 0.367 e. The van der Waals surface area contributed by atoms with Gasteiger partial charge in [-0.1, -0.05) is 12.1 Å². The van der Waals surface area contributed by atoms with Crippen LogP contribution in [0, 0.1) is 0 Å². The van der Waals surface area contributed by atoms with Crippen LogP contribution in [0.25, 0.3) is 5.69 Å². The zero-order chi connectivity index (χ0) is 17.1. The first-order valence-corrected chi connectivity index (χ1v) is 7.73. The maximum Gasteiger partial charge on any atom is 0.330 e. The van der Waals surface area contributed by atoms with Crippen LogP contribution in [0.15, 0.2) is 58.4 Å². The SMILES string of the molecule is CC(C)n1c(=O)cc(NCc2cccc(-n3cccn3)c2)[nH]c1=O.